The van der Waals surface area contributed by atoms with Crippen LogP contribution in [0, 0.1) is 0 Å². The fourth-order valence-corrected chi connectivity index (χ4v) is 49.1. The first-order valence-electron chi connectivity index (χ1n) is 46.2. The summed E-state index contributed by atoms with van der Waals surface area (Å²) >= 11 is 0. The van der Waals surface area contributed by atoms with Crippen LogP contribution in [0.5, 0.6) is 0 Å². The van der Waals surface area contributed by atoms with E-state index in [0.717, 1.165) is 0 Å². The molecule has 10 aliphatic carbocycles. The Balaban J connectivity index is 0.742. The Morgan fingerprint density at radius 1 is 0.0492 bits per heavy atom. The first kappa shape index (κ1) is 41.4. The SMILES string of the molecule is C1(=C2C34c5c6c7c8c9c%10c(c%11c%12c3c3c5c5c%13c6c6c7c7c9c9c%14c%10c%10c%11c%11c%12c%12c3c3c5c5c%13c%13c6c6c7c9c7c9c%14c%10c%10c%11c%11c%12c3c3c5c5c%13c6c7c6c9c%10c%11c3c56)C284)C23c4c5c6c7c8c9c(c%10c%11c2c2c4c4c%12c5c5c6c6c8c8c%13c9c9c%10c%10c%11c%11c2c2c4c4c%12c%12c5c5c6c8c6c8c%13c9c9c%10c%10c%11c2c2c4c4c%12c5c6c5c8c9c%10c2c45)C173. The highest BCUT2D eigenvalue weighted by molar-refractivity contribution is 6.88. The Morgan fingerprint density at radius 3 is 0.139 bits per heavy atom. The Hall–Kier alpha value is -15.3. The van der Waals surface area contributed by atoms with Gasteiger partial charge in [-0.05, 0) is 637 Å². The summed E-state index contributed by atoms with van der Waals surface area (Å²) in [6, 6.07) is 0. The summed E-state index contributed by atoms with van der Waals surface area (Å²) in [6.45, 7) is 0. The molecule has 0 aromatic heterocycles. The summed E-state index contributed by atoms with van der Waals surface area (Å²) in [5, 5.41) is 185. The Bertz CT molecular complexity index is 13600. The minimum Gasteiger partial charge on any atom is -0.0352 e. The number of allylic oxidation sites excluding steroid dienone is 2. The lowest BCUT2D eigenvalue weighted by Gasteiger charge is -2.32. The van der Waals surface area contributed by atoms with Crippen molar-refractivity contribution >= 4 is 582 Å². The standard InChI is InChI=1S/C122/c1-2-7-15-13-5(1)21-22-6(1)14-16-8(2)24-23(7)39-51-31(15)45-29(13)49-37(21)57-58-38(22)50-30(14)46-32(16)52-40(24)60-59(39)79-67(51)87-73(45)85-65(49)77(57)93-94-78(58)66(50)86-74(46)88-68(52)80(60)96-95(79)111-103(87)101(85)109(93)119-110(94)102(86)104(88)112(96)120(111,119)117(119)118-121-113-97-81-61-41-25-9-3-4-11-19-17(9)33-47-35(19)55-43-27(11)28-12(4)20-18-10(3)26(25)42-54-34(18)48-36(20)56-44(28)64-63(43)83-71(55)91-75(47)89(69(81)53(33)41)105(113)107(91)115-99(83)100-84(64)72(56)92-76(48)90-70(54)82(62(42)61)98(97)114(121)106(90)108(92)116(100)122(115,118)121. The zero-order valence-corrected chi connectivity index (χ0v) is 61.0. The van der Waals surface area contributed by atoms with Crippen LogP contribution in [0.2, 0.25) is 0 Å². The van der Waals surface area contributed by atoms with Crippen LogP contribution in [0.25, 0.3) is 582 Å². The molecule has 56 aromatic rings. The van der Waals surface area contributed by atoms with Gasteiger partial charge in [0.05, 0.1) is 21.7 Å². The van der Waals surface area contributed by atoms with Crippen molar-refractivity contribution in [2.45, 2.75) is 21.7 Å². The van der Waals surface area contributed by atoms with E-state index in [9.17, 15) is 0 Å². The van der Waals surface area contributed by atoms with Crippen LogP contribution in [0.4, 0.5) is 0 Å². The van der Waals surface area contributed by atoms with Gasteiger partial charge in [0.2, 0.25) is 0 Å². The van der Waals surface area contributed by atoms with E-state index in [0.29, 0.717) is 0 Å². The van der Waals surface area contributed by atoms with Crippen molar-refractivity contribution in [2.24, 2.45) is 0 Å². The Kier molecular flexibility index (Phi) is 2.98. The van der Waals surface area contributed by atoms with Crippen molar-refractivity contribution in [1.82, 2.24) is 0 Å². The third-order valence-electron chi connectivity index (χ3n) is 48.2. The van der Waals surface area contributed by atoms with Crippen LogP contribution in [0.3, 0.4) is 0 Å². The summed E-state index contributed by atoms with van der Waals surface area (Å²) in [7, 11) is 0. The second-order valence-corrected chi connectivity index (χ2v) is 47.2. The average molecular weight is 1470 g/mol. The molecule has 56 aromatic carbocycles. The molecule has 0 saturated heterocycles. The molecule has 0 bridgehead atoms. The van der Waals surface area contributed by atoms with Crippen molar-refractivity contribution in [3.63, 3.8) is 0 Å². The zero-order chi connectivity index (χ0) is 70.1. The minimum atomic E-state index is -0.445. The van der Waals surface area contributed by atoms with E-state index in [1.165, 1.54) is 0 Å². The van der Waals surface area contributed by atoms with E-state index in [2.05, 4.69) is 0 Å². The second kappa shape index (κ2) is 8.80. The number of benzene rings is 36. The lowest BCUT2D eigenvalue weighted by Crippen LogP contribution is -2.27. The molecule has 488 valence electrons. The average Bonchev–Trinajstić information content (AvgIpc) is 1.34. The molecule has 122 heavy (non-hydrogen) atoms. The Labute approximate surface area is 654 Å². The molecular weight excluding hydrogens is 1470 g/mol. The third-order valence-corrected chi connectivity index (χ3v) is 48.2. The second-order valence-electron chi connectivity index (χ2n) is 47.2. The molecule has 0 N–H and O–H groups in total. The minimum absolute atomic E-state index is 0.445. The molecule has 0 radical (unpaired) electrons. The van der Waals surface area contributed by atoms with E-state index in [1.54, 1.807) is 582 Å². The van der Waals surface area contributed by atoms with Gasteiger partial charge in [-0.25, -0.2) is 0 Å². The van der Waals surface area contributed by atoms with Crippen LogP contribution in [-0.4, -0.2) is 0 Å². The molecule has 0 aliphatic heterocycles. The topological polar surface area (TPSA) is 0 Å². The molecular formula is C122. The molecule has 66 rings (SSSR count). The van der Waals surface area contributed by atoms with E-state index in [-0.39, 0.29) is 0 Å². The van der Waals surface area contributed by atoms with Crippen LogP contribution < -0.4 is 0 Å². The molecule has 2 saturated carbocycles. The summed E-state index contributed by atoms with van der Waals surface area (Å²) in [5.74, 6) is 0. The summed E-state index contributed by atoms with van der Waals surface area (Å²) < 4.78 is 0. The van der Waals surface area contributed by atoms with Crippen molar-refractivity contribution in [2.75, 3.05) is 0 Å². The lowest BCUT2D eigenvalue weighted by molar-refractivity contribution is 0.731. The van der Waals surface area contributed by atoms with Crippen LogP contribution in [-0.2, 0) is 21.7 Å². The van der Waals surface area contributed by atoms with Gasteiger partial charge in [0, 0.05) is 0 Å². The fraction of sp³-hybridized carbons (Fsp3) is 0.0328. The van der Waals surface area contributed by atoms with Gasteiger partial charge >= 0.3 is 0 Å². The van der Waals surface area contributed by atoms with E-state index in [1.807, 2.05) is 55.7 Å². The maximum Gasteiger partial charge on any atom is 0.0628 e. The monoisotopic (exact) mass is 1460 g/mol. The van der Waals surface area contributed by atoms with Crippen molar-refractivity contribution in [1.29, 1.82) is 0 Å². The number of rotatable bonds is 0. The summed E-state index contributed by atoms with van der Waals surface area (Å²) in [6.07, 6.45) is 0. The first-order chi connectivity index (χ1) is 61.0. The van der Waals surface area contributed by atoms with Gasteiger partial charge in [0.25, 0.3) is 0 Å². The van der Waals surface area contributed by atoms with Crippen LogP contribution in [0.15, 0.2) is 11.1 Å². The molecule has 0 atom stereocenters. The van der Waals surface area contributed by atoms with Crippen molar-refractivity contribution < 1.29 is 0 Å². The molecule has 2 fully saturated rings. The van der Waals surface area contributed by atoms with Gasteiger partial charge in [0.15, 0.2) is 0 Å². The van der Waals surface area contributed by atoms with Gasteiger partial charge in [-0.3, -0.25) is 0 Å². The highest BCUT2D eigenvalue weighted by Gasteiger charge is 2.93. The van der Waals surface area contributed by atoms with Gasteiger partial charge < -0.3 is 0 Å². The molecule has 4 spiro atoms. The highest BCUT2D eigenvalue weighted by atomic mass is 14.9. The van der Waals surface area contributed by atoms with Crippen molar-refractivity contribution in [3.05, 3.63) is 55.7 Å². The Morgan fingerprint density at radius 2 is 0.0902 bits per heavy atom. The largest absolute Gasteiger partial charge is 0.0628 e. The normalized spacial score (nSPS) is 24.0. The summed E-state index contributed by atoms with van der Waals surface area (Å²) in [4.78, 5) is 0. The predicted octanol–water partition coefficient (Wildman–Crippen LogP) is 32.9. The maximum absolute atomic E-state index is 1.97. The fourth-order valence-electron chi connectivity index (χ4n) is 49.1. The van der Waals surface area contributed by atoms with E-state index in [4.69, 9.17) is 0 Å². The van der Waals surface area contributed by atoms with Gasteiger partial charge in [-0.15, -0.1) is 0 Å². The van der Waals surface area contributed by atoms with Gasteiger partial charge in [0.1, 0.15) is 0 Å². The van der Waals surface area contributed by atoms with Gasteiger partial charge in [-0.1, -0.05) is 0 Å². The molecule has 0 nitrogen and oxygen atoms in total. The summed E-state index contributed by atoms with van der Waals surface area (Å²) in [5.41, 5.74) is 17.0. The van der Waals surface area contributed by atoms with Gasteiger partial charge in [-0.2, -0.15) is 0 Å². The first-order valence-corrected chi connectivity index (χ1v) is 46.2. The maximum atomic E-state index is 1.97. The molecule has 0 amide bonds. The lowest BCUT2D eigenvalue weighted by atomic mass is 9.68. The predicted molar refractivity (Wildman–Crippen MR) is 515 cm³/mol. The molecule has 0 heterocycles. The molecule has 10 aliphatic rings. The molecule has 0 heteroatoms. The van der Waals surface area contributed by atoms with Crippen LogP contribution in [0.1, 0.15) is 44.5 Å². The molecule has 0 unspecified atom stereocenters. The quantitative estimate of drug-likeness (QED) is 0.105. The van der Waals surface area contributed by atoms with E-state index >= 15 is 0 Å². The zero-order valence-electron chi connectivity index (χ0n) is 61.0. The third kappa shape index (κ3) is 1.97. The highest BCUT2D eigenvalue weighted by Crippen LogP contribution is 3.01. The smallest absolute Gasteiger partial charge is 0.0352 e. The van der Waals surface area contributed by atoms with Crippen LogP contribution >= 0.6 is 0 Å². The van der Waals surface area contributed by atoms with Crippen molar-refractivity contribution in [3.8, 4) is 0 Å². The number of hydrogen-bond acceptors (Lipinski definition) is 0. The van der Waals surface area contributed by atoms with E-state index < -0.39 is 21.7 Å². The number of hydrogen-bond donors (Lipinski definition) is 0.